The quantitative estimate of drug-likeness (QED) is 0.611. The molecule has 2 atom stereocenters. The smallest absolute Gasteiger partial charge is 0.0719 e. The van der Waals surface area contributed by atoms with Gasteiger partial charge in [-0.3, -0.25) is 0 Å². The van der Waals surface area contributed by atoms with Gasteiger partial charge in [-0.15, -0.1) is 0 Å². The van der Waals surface area contributed by atoms with E-state index in [1.54, 1.807) is 6.92 Å². The Kier molecular flexibility index (Phi) is 3.09. The van der Waals surface area contributed by atoms with Gasteiger partial charge in [0.15, 0.2) is 0 Å². The van der Waals surface area contributed by atoms with Crippen molar-refractivity contribution in [3.05, 3.63) is 11.6 Å². The molecule has 1 heterocycles. The number of ether oxygens (including phenoxy) is 1. The second-order valence-electron chi connectivity index (χ2n) is 3.21. The first-order valence-electron chi connectivity index (χ1n) is 4.14. The molecule has 0 bridgehead atoms. The number of aliphatic hydroxyl groups excluding tert-OH is 1. The summed E-state index contributed by atoms with van der Waals surface area (Å²) >= 11 is 0. The van der Waals surface area contributed by atoms with Crippen LogP contribution in [0.1, 0.15) is 20.3 Å². The Hall–Kier alpha value is -0.340. The van der Waals surface area contributed by atoms with Gasteiger partial charge in [0.25, 0.3) is 0 Å². The van der Waals surface area contributed by atoms with Gasteiger partial charge in [-0.1, -0.05) is 6.08 Å². The van der Waals surface area contributed by atoms with E-state index in [1.807, 2.05) is 6.92 Å². The van der Waals surface area contributed by atoms with Gasteiger partial charge in [0.05, 0.1) is 12.7 Å². The summed E-state index contributed by atoms with van der Waals surface area (Å²) in [5.41, 5.74) is 1.06. The summed E-state index contributed by atoms with van der Waals surface area (Å²) in [7, 11) is 0. The fourth-order valence-electron chi connectivity index (χ4n) is 1.20. The van der Waals surface area contributed by atoms with Crippen LogP contribution in [0.3, 0.4) is 0 Å². The lowest BCUT2D eigenvalue weighted by molar-refractivity contribution is 0.190. The average molecular weight is 156 g/mol. The van der Waals surface area contributed by atoms with E-state index in [-0.39, 0.29) is 6.10 Å². The van der Waals surface area contributed by atoms with Crippen LogP contribution < -0.4 is 0 Å². The maximum absolute atomic E-state index is 9.17. The Balaban J connectivity index is 2.42. The molecule has 0 aliphatic carbocycles. The van der Waals surface area contributed by atoms with E-state index in [2.05, 4.69) is 6.08 Å². The number of rotatable bonds is 2. The van der Waals surface area contributed by atoms with Crippen LogP contribution in [0.4, 0.5) is 0 Å². The van der Waals surface area contributed by atoms with Crippen LogP contribution in [-0.2, 0) is 4.74 Å². The first-order valence-corrected chi connectivity index (χ1v) is 4.14. The number of hydrogen-bond acceptors (Lipinski definition) is 2. The maximum Gasteiger partial charge on any atom is 0.0719 e. The van der Waals surface area contributed by atoms with Gasteiger partial charge < -0.3 is 9.84 Å². The minimum Gasteiger partial charge on any atom is -0.389 e. The second-order valence-corrected chi connectivity index (χ2v) is 3.21. The highest BCUT2D eigenvalue weighted by Gasteiger charge is 2.13. The van der Waals surface area contributed by atoms with Crippen molar-refractivity contribution in [3.63, 3.8) is 0 Å². The Morgan fingerprint density at radius 1 is 1.73 bits per heavy atom. The van der Waals surface area contributed by atoms with Crippen molar-refractivity contribution in [3.8, 4) is 0 Å². The van der Waals surface area contributed by atoms with Crippen molar-refractivity contribution in [2.24, 2.45) is 5.92 Å². The normalized spacial score (nSPS) is 29.0. The van der Waals surface area contributed by atoms with E-state index >= 15 is 0 Å². The number of aliphatic hydroxyl groups is 1. The van der Waals surface area contributed by atoms with Crippen molar-refractivity contribution >= 4 is 0 Å². The molecule has 11 heavy (non-hydrogen) atoms. The van der Waals surface area contributed by atoms with Gasteiger partial charge in [-0.05, 0) is 25.8 Å². The van der Waals surface area contributed by atoms with Gasteiger partial charge in [-0.2, -0.15) is 0 Å². The lowest BCUT2D eigenvalue weighted by Crippen LogP contribution is -2.04. The molecule has 0 radical (unpaired) electrons. The zero-order valence-corrected chi connectivity index (χ0v) is 7.21. The predicted octanol–water partition coefficient (Wildman–Crippen LogP) is 1.35. The van der Waals surface area contributed by atoms with E-state index in [0.29, 0.717) is 5.92 Å². The average Bonchev–Trinajstić information content (AvgIpc) is 2.39. The van der Waals surface area contributed by atoms with Crippen molar-refractivity contribution in [1.82, 2.24) is 0 Å². The van der Waals surface area contributed by atoms with E-state index in [9.17, 15) is 5.11 Å². The van der Waals surface area contributed by atoms with E-state index in [4.69, 9.17) is 4.74 Å². The van der Waals surface area contributed by atoms with Crippen LogP contribution in [0.25, 0.3) is 0 Å². The van der Waals surface area contributed by atoms with Crippen molar-refractivity contribution < 1.29 is 9.84 Å². The van der Waals surface area contributed by atoms with E-state index in [1.165, 1.54) is 0 Å². The van der Waals surface area contributed by atoms with Gasteiger partial charge in [0.2, 0.25) is 0 Å². The number of hydrogen-bond donors (Lipinski definition) is 1. The molecule has 2 heteroatoms. The highest BCUT2D eigenvalue weighted by molar-refractivity contribution is 5.06. The molecule has 2 unspecified atom stereocenters. The summed E-state index contributed by atoms with van der Waals surface area (Å²) in [6, 6.07) is 0. The third-order valence-corrected chi connectivity index (χ3v) is 2.12. The highest BCUT2D eigenvalue weighted by Crippen LogP contribution is 2.16. The molecule has 1 aliphatic rings. The lowest BCUT2D eigenvalue weighted by Gasteiger charge is -2.06. The first-order chi connectivity index (χ1) is 5.20. The standard InChI is InChI=1S/C9H16O2/c1-7(8(2)10)5-9-3-4-11-6-9/h5,8-10H,3-4,6H2,1-2H3. The van der Waals surface area contributed by atoms with Crippen LogP contribution in [0, 0.1) is 5.92 Å². The predicted molar refractivity (Wildman–Crippen MR) is 44.4 cm³/mol. The van der Waals surface area contributed by atoms with Gasteiger partial charge in [0, 0.05) is 12.5 Å². The Morgan fingerprint density at radius 2 is 2.45 bits per heavy atom. The van der Waals surface area contributed by atoms with Crippen molar-refractivity contribution in [1.29, 1.82) is 0 Å². The van der Waals surface area contributed by atoms with Gasteiger partial charge >= 0.3 is 0 Å². The topological polar surface area (TPSA) is 29.5 Å². The molecule has 64 valence electrons. The molecule has 1 N–H and O–H groups in total. The molecule has 1 aliphatic heterocycles. The zero-order valence-electron chi connectivity index (χ0n) is 7.21. The van der Waals surface area contributed by atoms with Crippen LogP contribution in [0.15, 0.2) is 11.6 Å². The molecule has 1 fully saturated rings. The molecule has 0 aromatic rings. The zero-order chi connectivity index (χ0) is 8.27. The third-order valence-electron chi connectivity index (χ3n) is 2.12. The summed E-state index contributed by atoms with van der Waals surface area (Å²) < 4.78 is 5.21. The fourth-order valence-corrected chi connectivity index (χ4v) is 1.20. The van der Waals surface area contributed by atoms with Crippen LogP contribution in [-0.4, -0.2) is 24.4 Å². The second kappa shape index (κ2) is 3.88. The first kappa shape index (κ1) is 8.75. The highest BCUT2D eigenvalue weighted by atomic mass is 16.5. The molecule has 2 nitrogen and oxygen atoms in total. The van der Waals surface area contributed by atoms with Crippen molar-refractivity contribution in [2.75, 3.05) is 13.2 Å². The molecule has 1 rings (SSSR count). The van der Waals surface area contributed by atoms with Crippen LogP contribution in [0.5, 0.6) is 0 Å². The molecule has 0 saturated carbocycles. The molecule has 0 aromatic carbocycles. The monoisotopic (exact) mass is 156 g/mol. The van der Waals surface area contributed by atoms with Gasteiger partial charge in [-0.25, -0.2) is 0 Å². The van der Waals surface area contributed by atoms with Gasteiger partial charge in [0.1, 0.15) is 0 Å². The molecular formula is C9H16O2. The molecular weight excluding hydrogens is 140 g/mol. The van der Waals surface area contributed by atoms with Crippen LogP contribution >= 0.6 is 0 Å². The van der Waals surface area contributed by atoms with Crippen molar-refractivity contribution in [2.45, 2.75) is 26.4 Å². The summed E-state index contributed by atoms with van der Waals surface area (Å²) in [6.45, 7) is 5.45. The third kappa shape index (κ3) is 2.64. The van der Waals surface area contributed by atoms with E-state index in [0.717, 1.165) is 25.2 Å². The van der Waals surface area contributed by atoms with E-state index < -0.39 is 0 Å². The molecule has 0 amide bonds. The maximum atomic E-state index is 9.17. The largest absolute Gasteiger partial charge is 0.389 e. The summed E-state index contributed by atoms with van der Waals surface area (Å²) in [5, 5.41) is 9.17. The summed E-state index contributed by atoms with van der Waals surface area (Å²) in [6.07, 6.45) is 2.91. The lowest BCUT2D eigenvalue weighted by atomic mass is 10.0. The summed E-state index contributed by atoms with van der Waals surface area (Å²) in [5.74, 6) is 0.532. The molecule has 0 spiro atoms. The Bertz CT molecular complexity index is 144. The molecule has 0 aromatic heterocycles. The minimum absolute atomic E-state index is 0.310. The SMILES string of the molecule is CC(=CC1CCOC1)C(C)O. The molecule has 1 saturated heterocycles. The van der Waals surface area contributed by atoms with Crippen LogP contribution in [0.2, 0.25) is 0 Å². The minimum atomic E-state index is -0.310. The Morgan fingerprint density at radius 3 is 2.91 bits per heavy atom. The fraction of sp³-hybridized carbons (Fsp3) is 0.778. The summed E-state index contributed by atoms with van der Waals surface area (Å²) in [4.78, 5) is 0. The Labute approximate surface area is 67.9 Å².